The number of nitrogens with two attached hydrogens (primary N) is 1. The number of nitrogen functional groups attached to an aromatic ring is 1. The fourth-order valence-corrected chi connectivity index (χ4v) is 2.86. The molecule has 4 N–H and O–H groups in total. The van der Waals surface area contributed by atoms with Gasteiger partial charge in [0.1, 0.15) is 5.82 Å². The number of carbonyl (C=O) groups is 1. The number of aliphatic hydroxyl groups excluding tert-OH is 1. The topological polar surface area (TPSA) is 91.5 Å². The average Bonchev–Trinajstić information content (AvgIpc) is 2.99. The van der Waals surface area contributed by atoms with Crippen LogP contribution in [0.3, 0.4) is 0 Å². The molecule has 1 unspecified atom stereocenters. The Bertz CT molecular complexity index is 470. The molecule has 0 bridgehead atoms. The molecule has 1 fully saturated rings. The minimum Gasteiger partial charge on any atom is -0.396 e. The zero-order chi connectivity index (χ0) is 15.2. The van der Waals surface area contributed by atoms with Crippen LogP contribution in [0.5, 0.6) is 0 Å². The van der Waals surface area contributed by atoms with E-state index in [0.29, 0.717) is 11.4 Å². The van der Waals surface area contributed by atoms with Crippen LogP contribution in [0.2, 0.25) is 0 Å². The number of nitrogens with one attached hydrogen (secondary N) is 1. The molecule has 0 aliphatic carbocycles. The first-order valence-electron chi connectivity index (χ1n) is 7.59. The third kappa shape index (κ3) is 3.71. The van der Waals surface area contributed by atoms with Crippen LogP contribution in [0.15, 0.2) is 12.1 Å². The van der Waals surface area contributed by atoms with Crippen LogP contribution in [-0.2, 0) is 6.42 Å². The number of hydrogen-bond donors (Lipinski definition) is 3. The van der Waals surface area contributed by atoms with Crippen molar-refractivity contribution in [2.24, 2.45) is 5.84 Å². The fourth-order valence-electron chi connectivity index (χ4n) is 2.86. The highest BCUT2D eigenvalue weighted by Gasteiger charge is 2.29. The Kier molecular flexibility index (Phi) is 5.52. The Hall–Kier alpha value is -1.66. The summed E-state index contributed by atoms with van der Waals surface area (Å²) >= 11 is 0. The van der Waals surface area contributed by atoms with Crippen molar-refractivity contribution < 1.29 is 9.90 Å². The molecule has 1 aliphatic heterocycles. The number of amides is 1. The Morgan fingerprint density at radius 3 is 3.05 bits per heavy atom. The molecule has 0 radical (unpaired) electrons. The first-order chi connectivity index (χ1) is 10.2. The van der Waals surface area contributed by atoms with E-state index in [2.05, 4.69) is 10.4 Å². The van der Waals surface area contributed by atoms with Gasteiger partial charge >= 0.3 is 0 Å². The maximum Gasteiger partial charge on any atom is 0.254 e. The van der Waals surface area contributed by atoms with Crippen molar-refractivity contribution in [3.05, 3.63) is 23.4 Å². The minimum atomic E-state index is 0.0315. The van der Waals surface area contributed by atoms with Gasteiger partial charge in [-0.1, -0.05) is 6.92 Å². The van der Waals surface area contributed by atoms with Gasteiger partial charge in [-0.15, -0.1) is 0 Å². The molecule has 6 heteroatoms. The SMILES string of the molecule is CCc1cc(C(=O)N2CCCC2CCCO)cc(NN)n1. The molecule has 2 rings (SSSR count). The molecule has 6 nitrogen and oxygen atoms in total. The molecule has 21 heavy (non-hydrogen) atoms. The Morgan fingerprint density at radius 1 is 1.57 bits per heavy atom. The number of aromatic nitrogens is 1. The summed E-state index contributed by atoms with van der Waals surface area (Å²) in [6.45, 7) is 2.95. The predicted molar refractivity (Wildman–Crippen MR) is 81.8 cm³/mol. The smallest absolute Gasteiger partial charge is 0.254 e. The zero-order valence-electron chi connectivity index (χ0n) is 12.5. The molecule has 1 aromatic rings. The van der Waals surface area contributed by atoms with Crippen LogP contribution in [0, 0.1) is 0 Å². The highest BCUT2D eigenvalue weighted by Crippen LogP contribution is 2.24. The molecule has 1 aliphatic rings. The zero-order valence-corrected chi connectivity index (χ0v) is 12.5. The van der Waals surface area contributed by atoms with E-state index in [-0.39, 0.29) is 18.6 Å². The molecular weight excluding hydrogens is 268 g/mol. The van der Waals surface area contributed by atoms with Gasteiger partial charge in [-0.3, -0.25) is 4.79 Å². The summed E-state index contributed by atoms with van der Waals surface area (Å²) in [7, 11) is 0. The number of pyridine rings is 1. The summed E-state index contributed by atoms with van der Waals surface area (Å²) < 4.78 is 0. The van der Waals surface area contributed by atoms with E-state index in [9.17, 15) is 4.79 Å². The molecule has 0 spiro atoms. The van der Waals surface area contributed by atoms with Crippen molar-refractivity contribution in [2.45, 2.75) is 45.1 Å². The summed E-state index contributed by atoms with van der Waals surface area (Å²) in [6.07, 6.45) is 4.38. The second kappa shape index (κ2) is 7.38. The van der Waals surface area contributed by atoms with E-state index in [0.717, 1.165) is 44.3 Å². The Labute approximate surface area is 125 Å². The second-order valence-corrected chi connectivity index (χ2v) is 5.39. The van der Waals surface area contributed by atoms with E-state index >= 15 is 0 Å². The van der Waals surface area contributed by atoms with Crippen molar-refractivity contribution in [3.63, 3.8) is 0 Å². The summed E-state index contributed by atoms with van der Waals surface area (Å²) in [5.74, 6) is 5.97. The van der Waals surface area contributed by atoms with Crippen molar-refractivity contribution in [1.29, 1.82) is 0 Å². The van der Waals surface area contributed by atoms with Crippen LogP contribution in [0.25, 0.3) is 0 Å². The number of aliphatic hydroxyl groups is 1. The molecule has 1 atom stereocenters. The third-order valence-electron chi connectivity index (χ3n) is 3.97. The number of carbonyl (C=O) groups excluding carboxylic acids is 1. The second-order valence-electron chi connectivity index (χ2n) is 5.39. The average molecular weight is 292 g/mol. The van der Waals surface area contributed by atoms with Gasteiger partial charge in [0.25, 0.3) is 5.91 Å². The van der Waals surface area contributed by atoms with Crippen LogP contribution in [-0.4, -0.2) is 40.1 Å². The number of aryl methyl sites for hydroxylation is 1. The van der Waals surface area contributed by atoms with Crippen molar-refractivity contribution in [2.75, 3.05) is 18.6 Å². The maximum absolute atomic E-state index is 12.7. The summed E-state index contributed by atoms with van der Waals surface area (Å²) in [4.78, 5) is 19.0. The highest BCUT2D eigenvalue weighted by molar-refractivity contribution is 5.95. The number of hydrogen-bond acceptors (Lipinski definition) is 5. The van der Waals surface area contributed by atoms with Gasteiger partial charge in [0.15, 0.2) is 0 Å². The third-order valence-corrected chi connectivity index (χ3v) is 3.97. The van der Waals surface area contributed by atoms with E-state index in [1.54, 1.807) is 6.07 Å². The van der Waals surface area contributed by atoms with Gasteiger partial charge in [-0.05, 0) is 44.2 Å². The maximum atomic E-state index is 12.7. The molecule has 1 saturated heterocycles. The minimum absolute atomic E-state index is 0.0315. The molecule has 1 aromatic heterocycles. The number of anilines is 1. The summed E-state index contributed by atoms with van der Waals surface area (Å²) in [5.41, 5.74) is 4.00. The molecular formula is C15H24N4O2. The molecule has 0 aromatic carbocycles. The number of likely N-dealkylation sites (tertiary alicyclic amines) is 1. The van der Waals surface area contributed by atoms with Crippen molar-refractivity contribution >= 4 is 11.7 Å². The van der Waals surface area contributed by atoms with Crippen molar-refractivity contribution in [3.8, 4) is 0 Å². The van der Waals surface area contributed by atoms with Crippen LogP contribution in [0.4, 0.5) is 5.82 Å². The summed E-state index contributed by atoms with van der Waals surface area (Å²) in [5, 5.41) is 8.97. The number of nitrogens with zero attached hydrogens (tertiary/aromatic N) is 2. The van der Waals surface area contributed by atoms with E-state index < -0.39 is 0 Å². The molecule has 116 valence electrons. The van der Waals surface area contributed by atoms with Gasteiger partial charge in [0, 0.05) is 30.5 Å². The van der Waals surface area contributed by atoms with E-state index in [1.807, 2.05) is 17.9 Å². The van der Waals surface area contributed by atoms with Crippen molar-refractivity contribution in [1.82, 2.24) is 9.88 Å². The molecule has 0 saturated carbocycles. The van der Waals surface area contributed by atoms with Gasteiger partial charge in [-0.2, -0.15) is 0 Å². The monoisotopic (exact) mass is 292 g/mol. The van der Waals surface area contributed by atoms with E-state index in [1.165, 1.54) is 0 Å². The summed E-state index contributed by atoms with van der Waals surface area (Å²) in [6, 6.07) is 3.77. The number of hydrazine groups is 1. The van der Waals surface area contributed by atoms with Crippen LogP contribution in [0.1, 0.15) is 48.7 Å². The van der Waals surface area contributed by atoms with Crippen LogP contribution >= 0.6 is 0 Å². The standard InChI is InChI=1S/C15H24N4O2/c1-2-12-9-11(10-14(17-12)18-16)15(21)19-7-3-5-13(19)6-4-8-20/h9-10,13,20H,2-8,16H2,1H3,(H,17,18). The van der Waals surface area contributed by atoms with Gasteiger partial charge in [-0.25, -0.2) is 10.8 Å². The van der Waals surface area contributed by atoms with E-state index in [4.69, 9.17) is 10.9 Å². The lowest BCUT2D eigenvalue weighted by atomic mass is 10.1. The lowest BCUT2D eigenvalue weighted by Gasteiger charge is -2.25. The quantitative estimate of drug-likeness (QED) is 0.543. The first kappa shape index (κ1) is 15.7. The molecule has 2 heterocycles. The number of rotatable bonds is 6. The largest absolute Gasteiger partial charge is 0.396 e. The van der Waals surface area contributed by atoms with Gasteiger partial charge in [0.05, 0.1) is 0 Å². The Morgan fingerprint density at radius 2 is 2.38 bits per heavy atom. The predicted octanol–water partition coefficient (Wildman–Crippen LogP) is 1.31. The molecule has 1 amide bonds. The normalized spacial score (nSPS) is 18.0. The highest BCUT2D eigenvalue weighted by atomic mass is 16.3. The van der Waals surface area contributed by atoms with Crippen LogP contribution < -0.4 is 11.3 Å². The van der Waals surface area contributed by atoms with Gasteiger partial charge in [0.2, 0.25) is 0 Å². The lowest BCUT2D eigenvalue weighted by molar-refractivity contribution is 0.0724. The first-order valence-corrected chi connectivity index (χ1v) is 7.59. The fraction of sp³-hybridized carbons (Fsp3) is 0.600. The lowest BCUT2D eigenvalue weighted by Crippen LogP contribution is -2.35. The Balaban J connectivity index is 2.18. The van der Waals surface area contributed by atoms with Gasteiger partial charge < -0.3 is 15.4 Å².